The molecule has 78 valence electrons. The van der Waals surface area contributed by atoms with Gasteiger partial charge in [0.1, 0.15) is 0 Å². The lowest BCUT2D eigenvalue weighted by molar-refractivity contribution is 0.431. The third-order valence-corrected chi connectivity index (χ3v) is 1.82. The van der Waals surface area contributed by atoms with Crippen molar-refractivity contribution in [1.29, 1.82) is 0 Å². The number of rotatable bonds is 3. The van der Waals surface area contributed by atoms with Gasteiger partial charge in [0.2, 0.25) is 0 Å². The Hall–Kier alpha value is -1.06. The molecule has 0 amide bonds. The lowest BCUT2D eigenvalue weighted by atomic mass is 10.0. The molecule has 0 aliphatic heterocycles. The third-order valence-electron chi connectivity index (χ3n) is 1.82. The Kier molecular flexibility index (Phi) is 5.20. The van der Waals surface area contributed by atoms with Crippen LogP contribution in [0.1, 0.15) is 18.0 Å². The number of benzene rings is 1. The topological polar surface area (TPSA) is 46.2 Å². The highest BCUT2D eigenvalue weighted by Gasteiger charge is 2.07. The predicted octanol–water partition coefficient (Wildman–Crippen LogP) is 2.53. The Bertz CT molecular complexity index is 317. The van der Waals surface area contributed by atoms with Gasteiger partial charge < -0.3 is 10.8 Å². The summed E-state index contributed by atoms with van der Waals surface area (Å²) >= 11 is 0. The van der Waals surface area contributed by atoms with Crippen molar-refractivity contribution in [2.75, 3.05) is 0 Å². The molecule has 0 aromatic heterocycles. The summed E-state index contributed by atoms with van der Waals surface area (Å²) in [5, 5.41) is 8.92. The zero-order valence-corrected chi connectivity index (χ0v) is 8.43. The van der Waals surface area contributed by atoms with Gasteiger partial charge in [-0.05, 0) is 24.1 Å². The van der Waals surface area contributed by atoms with Gasteiger partial charge in [0.05, 0.1) is 0 Å². The minimum absolute atomic E-state index is 0. The van der Waals surface area contributed by atoms with Crippen LogP contribution >= 0.6 is 12.4 Å². The van der Waals surface area contributed by atoms with Crippen LogP contribution in [-0.4, -0.2) is 5.11 Å². The average molecular weight is 218 g/mol. The summed E-state index contributed by atoms with van der Waals surface area (Å²) < 4.78 is 12.8. The lowest BCUT2D eigenvalue weighted by Crippen LogP contribution is -2.08. The maximum atomic E-state index is 12.8. The minimum atomic E-state index is -0.642. The molecule has 1 atom stereocenters. The fourth-order valence-electron chi connectivity index (χ4n) is 1.07. The van der Waals surface area contributed by atoms with Crippen LogP contribution in [0.25, 0.3) is 0 Å². The molecule has 0 radical (unpaired) electrons. The molecule has 1 aromatic rings. The Morgan fingerprint density at radius 3 is 2.71 bits per heavy atom. The molecule has 0 aliphatic carbocycles. The molecule has 0 unspecified atom stereocenters. The van der Waals surface area contributed by atoms with Crippen molar-refractivity contribution < 1.29 is 9.50 Å². The fraction of sp³-hybridized carbons (Fsp3) is 0.200. The maximum Gasteiger partial charge on any atom is 0.165 e. The molecular formula is C10H13ClFNO. The van der Waals surface area contributed by atoms with Gasteiger partial charge in [0, 0.05) is 6.04 Å². The van der Waals surface area contributed by atoms with Gasteiger partial charge in [0.25, 0.3) is 0 Å². The summed E-state index contributed by atoms with van der Waals surface area (Å²) in [5.41, 5.74) is 6.37. The first-order valence-corrected chi connectivity index (χ1v) is 4.00. The quantitative estimate of drug-likeness (QED) is 0.765. The van der Waals surface area contributed by atoms with Crippen molar-refractivity contribution in [3.8, 4) is 5.75 Å². The van der Waals surface area contributed by atoms with Gasteiger partial charge in [-0.25, -0.2) is 4.39 Å². The molecule has 0 aliphatic rings. The summed E-state index contributed by atoms with van der Waals surface area (Å²) in [6.45, 7) is 3.54. The van der Waals surface area contributed by atoms with Gasteiger partial charge in [-0.2, -0.15) is 0 Å². The Balaban J connectivity index is 0.00000169. The van der Waals surface area contributed by atoms with Crippen LogP contribution in [0.3, 0.4) is 0 Å². The summed E-state index contributed by atoms with van der Waals surface area (Å²) in [5.74, 6) is -0.994. The predicted molar refractivity (Wildman–Crippen MR) is 57.1 cm³/mol. The van der Waals surface area contributed by atoms with Crippen molar-refractivity contribution in [3.05, 3.63) is 42.2 Å². The highest BCUT2D eigenvalue weighted by Crippen LogP contribution is 2.21. The van der Waals surface area contributed by atoms with Crippen molar-refractivity contribution in [1.82, 2.24) is 0 Å². The van der Waals surface area contributed by atoms with E-state index in [1.165, 1.54) is 12.1 Å². The van der Waals surface area contributed by atoms with E-state index in [0.717, 1.165) is 0 Å². The molecule has 0 saturated heterocycles. The summed E-state index contributed by atoms with van der Waals surface area (Å²) in [7, 11) is 0. The van der Waals surface area contributed by atoms with E-state index in [0.29, 0.717) is 12.0 Å². The van der Waals surface area contributed by atoms with Crippen LogP contribution in [0.4, 0.5) is 4.39 Å². The normalized spacial score (nSPS) is 11.6. The van der Waals surface area contributed by atoms with E-state index in [2.05, 4.69) is 6.58 Å². The van der Waals surface area contributed by atoms with E-state index >= 15 is 0 Å². The van der Waals surface area contributed by atoms with E-state index in [1.54, 1.807) is 12.1 Å². The van der Waals surface area contributed by atoms with Crippen LogP contribution in [0.5, 0.6) is 5.75 Å². The number of halogens is 2. The largest absolute Gasteiger partial charge is 0.505 e. The molecule has 0 spiro atoms. The van der Waals surface area contributed by atoms with Crippen molar-refractivity contribution in [3.63, 3.8) is 0 Å². The Morgan fingerprint density at radius 2 is 2.21 bits per heavy atom. The minimum Gasteiger partial charge on any atom is -0.505 e. The van der Waals surface area contributed by atoms with E-state index in [4.69, 9.17) is 10.8 Å². The number of hydrogen-bond donors (Lipinski definition) is 2. The van der Waals surface area contributed by atoms with Gasteiger partial charge in [-0.1, -0.05) is 12.1 Å². The molecular weight excluding hydrogens is 205 g/mol. The average Bonchev–Trinajstić information content (AvgIpc) is 2.10. The van der Waals surface area contributed by atoms with E-state index in [1.807, 2.05) is 0 Å². The Morgan fingerprint density at radius 1 is 1.57 bits per heavy atom. The second-order valence-electron chi connectivity index (χ2n) is 2.84. The van der Waals surface area contributed by atoms with Crippen LogP contribution in [-0.2, 0) is 0 Å². The summed E-state index contributed by atoms with van der Waals surface area (Å²) in [6.07, 6.45) is 2.26. The van der Waals surface area contributed by atoms with Gasteiger partial charge >= 0.3 is 0 Å². The molecule has 0 bridgehead atoms. The van der Waals surface area contributed by atoms with E-state index in [-0.39, 0.29) is 24.2 Å². The van der Waals surface area contributed by atoms with Gasteiger partial charge in [-0.15, -0.1) is 19.0 Å². The van der Waals surface area contributed by atoms with Gasteiger partial charge in [0.15, 0.2) is 11.6 Å². The number of phenols is 1. The zero-order valence-electron chi connectivity index (χ0n) is 7.61. The van der Waals surface area contributed by atoms with Crippen molar-refractivity contribution in [2.24, 2.45) is 5.73 Å². The first-order valence-electron chi connectivity index (χ1n) is 4.00. The molecule has 14 heavy (non-hydrogen) atoms. The second kappa shape index (κ2) is 5.62. The lowest BCUT2D eigenvalue weighted by Gasteiger charge is -2.09. The monoisotopic (exact) mass is 217 g/mol. The van der Waals surface area contributed by atoms with E-state index in [9.17, 15) is 4.39 Å². The number of nitrogens with two attached hydrogens (primary N) is 1. The summed E-state index contributed by atoms with van der Waals surface area (Å²) in [4.78, 5) is 0. The van der Waals surface area contributed by atoms with Crippen molar-refractivity contribution in [2.45, 2.75) is 12.5 Å². The Labute approximate surface area is 88.7 Å². The number of aromatic hydroxyl groups is 1. The zero-order chi connectivity index (χ0) is 9.84. The fourth-order valence-corrected chi connectivity index (χ4v) is 1.07. The molecule has 0 heterocycles. The summed E-state index contributed by atoms with van der Waals surface area (Å²) in [6, 6.07) is 3.89. The molecule has 4 heteroatoms. The maximum absolute atomic E-state index is 12.8. The number of phenolic OH excluding ortho intramolecular Hbond substituents is 1. The molecule has 1 aromatic carbocycles. The highest BCUT2D eigenvalue weighted by molar-refractivity contribution is 5.85. The number of hydrogen-bond acceptors (Lipinski definition) is 2. The third kappa shape index (κ3) is 3.01. The SMILES string of the molecule is C=CC[C@H](N)c1ccc(O)c(F)c1.Cl. The van der Waals surface area contributed by atoms with Gasteiger partial charge in [-0.3, -0.25) is 0 Å². The van der Waals surface area contributed by atoms with Crippen LogP contribution in [0.2, 0.25) is 0 Å². The van der Waals surface area contributed by atoms with Crippen molar-refractivity contribution >= 4 is 12.4 Å². The van der Waals surface area contributed by atoms with Crippen LogP contribution in [0, 0.1) is 5.82 Å². The van der Waals surface area contributed by atoms with E-state index < -0.39 is 5.82 Å². The molecule has 0 saturated carbocycles. The standard InChI is InChI=1S/C10H12FNO.ClH/c1-2-3-9(12)7-4-5-10(13)8(11)6-7;/h2,4-6,9,13H,1,3,12H2;1H/t9-;/m0./s1. The smallest absolute Gasteiger partial charge is 0.165 e. The second-order valence-corrected chi connectivity index (χ2v) is 2.84. The van der Waals surface area contributed by atoms with Crippen LogP contribution in [0.15, 0.2) is 30.9 Å². The molecule has 1 rings (SSSR count). The first-order chi connectivity index (χ1) is 6.15. The highest BCUT2D eigenvalue weighted by atomic mass is 35.5. The molecule has 0 fully saturated rings. The molecule has 2 nitrogen and oxygen atoms in total. The molecule has 3 N–H and O–H groups in total. The first kappa shape index (κ1) is 12.9. The van der Waals surface area contributed by atoms with Crippen LogP contribution < -0.4 is 5.73 Å².